The predicted molar refractivity (Wildman–Crippen MR) is 48.8 cm³/mol. The van der Waals surface area contributed by atoms with Crippen LogP contribution in [-0.4, -0.2) is 35.7 Å². The fourth-order valence-electron chi connectivity index (χ4n) is 1.60. The van der Waals surface area contributed by atoms with Gasteiger partial charge in [0, 0.05) is 6.04 Å². The van der Waals surface area contributed by atoms with Crippen molar-refractivity contribution in [1.82, 2.24) is 5.32 Å². The second-order valence-corrected chi connectivity index (χ2v) is 3.34. The van der Waals surface area contributed by atoms with Gasteiger partial charge in [-0.3, -0.25) is 9.59 Å². The maximum Gasteiger partial charge on any atom is 0.320 e. The third kappa shape index (κ3) is 2.99. The first kappa shape index (κ1) is 11.0. The minimum Gasteiger partial charge on any atom is -0.480 e. The molecule has 1 heterocycles. The number of aliphatic carboxylic acids is 1. The molecule has 14 heavy (non-hydrogen) atoms. The van der Waals surface area contributed by atoms with E-state index >= 15 is 0 Å². The highest BCUT2D eigenvalue weighted by atomic mass is 16.5. The molecule has 5 nitrogen and oxygen atoms in total. The molecule has 5 heteroatoms. The van der Waals surface area contributed by atoms with Crippen molar-refractivity contribution in [3.05, 3.63) is 0 Å². The maximum atomic E-state index is 11.1. The molecule has 2 N–H and O–H groups in total. The molecule has 1 aliphatic rings. The lowest BCUT2D eigenvalue weighted by molar-refractivity contribution is -0.144. The Morgan fingerprint density at radius 3 is 2.71 bits per heavy atom. The molecule has 0 aromatic rings. The number of carbonyl (C=O) groups excluding carboxylic acids is 1. The molecule has 0 saturated carbocycles. The van der Waals surface area contributed by atoms with Crippen molar-refractivity contribution in [1.29, 1.82) is 0 Å². The zero-order chi connectivity index (χ0) is 10.6. The normalized spacial score (nSPS) is 26.1. The lowest BCUT2D eigenvalue weighted by Crippen LogP contribution is -2.36. The van der Waals surface area contributed by atoms with E-state index in [1.165, 1.54) is 0 Å². The van der Waals surface area contributed by atoms with Gasteiger partial charge in [-0.15, -0.1) is 0 Å². The third-order valence-electron chi connectivity index (χ3n) is 2.26. The smallest absolute Gasteiger partial charge is 0.320 e. The number of nitrogens with one attached hydrogen (secondary N) is 1. The summed E-state index contributed by atoms with van der Waals surface area (Å²) in [5.74, 6) is -1.12. The first-order chi connectivity index (χ1) is 6.63. The maximum absolute atomic E-state index is 11.1. The number of hydrogen-bond donors (Lipinski definition) is 2. The van der Waals surface area contributed by atoms with Gasteiger partial charge in [0.15, 0.2) is 0 Å². The van der Waals surface area contributed by atoms with Gasteiger partial charge in [-0.2, -0.15) is 0 Å². The quantitative estimate of drug-likeness (QED) is 0.633. The van der Waals surface area contributed by atoms with Crippen molar-refractivity contribution in [2.45, 2.75) is 38.3 Å². The number of carboxylic acid groups (broad SMARTS) is 1. The average Bonchev–Trinajstić information content (AvgIpc) is 2.53. The van der Waals surface area contributed by atoms with Gasteiger partial charge >= 0.3 is 11.9 Å². The average molecular weight is 201 g/mol. The van der Waals surface area contributed by atoms with Crippen LogP contribution in [0.3, 0.4) is 0 Å². The Hall–Kier alpha value is -1.10. The first-order valence-corrected chi connectivity index (χ1v) is 4.78. The van der Waals surface area contributed by atoms with E-state index < -0.39 is 12.0 Å². The summed E-state index contributed by atoms with van der Waals surface area (Å²) < 4.78 is 4.77. The Balaban J connectivity index is 2.28. The number of carboxylic acids is 1. The van der Waals surface area contributed by atoms with E-state index in [-0.39, 0.29) is 18.4 Å². The van der Waals surface area contributed by atoms with E-state index in [2.05, 4.69) is 5.32 Å². The van der Waals surface area contributed by atoms with Crippen molar-refractivity contribution in [3.8, 4) is 0 Å². The van der Waals surface area contributed by atoms with E-state index in [0.29, 0.717) is 13.0 Å². The molecule has 0 spiro atoms. The lowest BCUT2D eigenvalue weighted by atomic mass is 10.1. The topological polar surface area (TPSA) is 75.6 Å². The molecule has 2 atom stereocenters. The number of rotatable bonds is 4. The van der Waals surface area contributed by atoms with Crippen LogP contribution in [-0.2, 0) is 14.3 Å². The molecular weight excluding hydrogens is 186 g/mol. The van der Waals surface area contributed by atoms with Gasteiger partial charge < -0.3 is 15.2 Å². The van der Waals surface area contributed by atoms with Crippen LogP contribution in [0.1, 0.15) is 26.2 Å². The van der Waals surface area contributed by atoms with E-state index in [1.807, 2.05) is 0 Å². The minimum absolute atomic E-state index is 0.0462. The molecule has 0 aliphatic carbocycles. The Bertz CT molecular complexity index is 229. The summed E-state index contributed by atoms with van der Waals surface area (Å²) in [5.41, 5.74) is 0. The summed E-state index contributed by atoms with van der Waals surface area (Å²) in [4.78, 5) is 21.6. The van der Waals surface area contributed by atoms with Gasteiger partial charge in [-0.1, -0.05) is 0 Å². The van der Waals surface area contributed by atoms with Crippen LogP contribution in [0.5, 0.6) is 0 Å². The Labute approximate surface area is 82.4 Å². The number of esters is 1. The van der Waals surface area contributed by atoms with Gasteiger partial charge in [-0.25, -0.2) is 0 Å². The van der Waals surface area contributed by atoms with Crippen molar-refractivity contribution in [2.75, 3.05) is 6.61 Å². The number of ether oxygens (including phenoxy) is 1. The number of carbonyl (C=O) groups is 2. The summed E-state index contributed by atoms with van der Waals surface area (Å²) in [7, 11) is 0. The molecule has 1 rings (SSSR count). The van der Waals surface area contributed by atoms with Gasteiger partial charge in [0.2, 0.25) is 0 Å². The van der Waals surface area contributed by atoms with Crippen LogP contribution < -0.4 is 5.32 Å². The third-order valence-corrected chi connectivity index (χ3v) is 2.26. The second kappa shape index (κ2) is 4.95. The van der Waals surface area contributed by atoms with Crippen LogP contribution >= 0.6 is 0 Å². The molecule has 0 aromatic carbocycles. The van der Waals surface area contributed by atoms with Crippen LogP contribution in [0.4, 0.5) is 0 Å². The summed E-state index contributed by atoms with van der Waals surface area (Å²) in [6.45, 7) is 2.12. The predicted octanol–water partition coefficient (Wildman–Crippen LogP) is 0.145. The van der Waals surface area contributed by atoms with E-state index in [0.717, 1.165) is 6.42 Å². The van der Waals surface area contributed by atoms with Crippen molar-refractivity contribution < 1.29 is 19.4 Å². The second-order valence-electron chi connectivity index (χ2n) is 3.34. The molecule has 0 amide bonds. The highest BCUT2D eigenvalue weighted by Crippen LogP contribution is 2.15. The highest BCUT2D eigenvalue weighted by Gasteiger charge is 2.30. The zero-order valence-electron chi connectivity index (χ0n) is 8.16. The number of hydrogen-bond acceptors (Lipinski definition) is 4. The zero-order valence-corrected chi connectivity index (χ0v) is 8.16. The Kier molecular flexibility index (Phi) is 3.88. The van der Waals surface area contributed by atoms with Gasteiger partial charge in [0.25, 0.3) is 0 Å². The highest BCUT2D eigenvalue weighted by molar-refractivity contribution is 5.74. The SMILES string of the molecule is CCOC(=O)C[C@H]1CC[C@@H](C(=O)O)N1. The van der Waals surface area contributed by atoms with Crippen LogP contribution in [0.2, 0.25) is 0 Å². The summed E-state index contributed by atoms with van der Waals surface area (Å²) in [6.07, 6.45) is 1.56. The molecule has 0 radical (unpaired) electrons. The lowest BCUT2D eigenvalue weighted by Gasteiger charge is -2.10. The standard InChI is InChI=1S/C9H15NO4/c1-2-14-8(11)5-6-3-4-7(10-6)9(12)13/h6-7,10H,2-5H2,1H3,(H,12,13)/t6-,7+/m1/s1. The molecule has 1 fully saturated rings. The molecule has 1 aliphatic heterocycles. The van der Waals surface area contributed by atoms with Crippen molar-refractivity contribution in [3.63, 3.8) is 0 Å². The molecule has 1 saturated heterocycles. The Morgan fingerprint density at radius 2 is 2.21 bits per heavy atom. The largest absolute Gasteiger partial charge is 0.480 e. The minimum atomic E-state index is -0.851. The van der Waals surface area contributed by atoms with E-state index in [9.17, 15) is 9.59 Å². The molecule has 0 unspecified atom stereocenters. The summed E-state index contributed by atoms with van der Waals surface area (Å²) >= 11 is 0. The van der Waals surface area contributed by atoms with Crippen LogP contribution in [0.25, 0.3) is 0 Å². The van der Waals surface area contributed by atoms with E-state index in [1.54, 1.807) is 6.92 Å². The molecular formula is C9H15NO4. The van der Waals surface area contributed by atoms with Gasteiger partial charge in [0.1, 0.15) is 6.04 Å². The summed E-state index contributed by atoms with van der Waals surface area (Å²) in [6, 6.07) is -0.551. The molecule has 80 valence electrons. The van der Waals surface area contributed by atoms with Gasteiger partial charge in [0.05, 0.1) is 13.0 Å². The monoisotopic (exact) mass is 201 g/mol. The Morgan fingerprint density at radius 1 is 1.50 bits per heavy atom. The molecule has 0 bridgehead atoms. The van der Waals surface area contributed by atoms with Crippen LogP contribution in [0.15, 0.2) is 0 Å². The molecule has 0 aromatic heterocycles. The fraction of sp³-hybridized carbons (Fsp3) is 0.778. The van der Waals surface area contributed by atoms with Crippen LogP contribution in [0, 0.1) is 0 Å². The van der Waals surface area contributed by atoms with Crippen molar-refractivity contribution >= 4 is 11.9 Å². The fourth-order valence-corrected chi connectivity index (χ4v) is 1.60. The first-order valence-electron chi connectivity index (χ1n) is 4.78. The van der Waals surface area contributed by atoms with E-state index in [4.69, 9.17) is 9.84 Å². The summed E-state index contributed by atoms with van der Waals surface area (Å²) in [5, 5.41) is 11.6. The van der Waals surface area contributed by atoms with Gasteiger partial charge in [-0.05, 0) is 19.8 Å². The van der Waals surface area contributed by atoms with Crippen molar-refractivity contribution in [2.24, 2.45) is 0 Å².